The van der Waals surface area contributed by atoms with E-state index < -0.39 is 0 Å². The third-order valence-corrected chi connectivity index (χ3v) is 6.21. The van der Waals surface area contributed by atoms with Crippen molar-refractivity contribution in [1.82, 2.24) is 10.1 Å². The Labute approximate surface area is 165 Å². The molecule has 6 nitrogen and oxygen atoms in total. The zero-order valence-electron chi connectivity index (χ0n) is 14.8. The Kier molecular flexibility index (Phi) is 5.35. The molecule has 0 saturated heterocycles. The third-order valence-electron chi connectivity index (χ3n) is 3.98. The smallest absolute Gasteiger partial charge is 0.237 e. The van der Waals surface area contributed by atoms with E-state index in [1.807, 2.05) is 36.4 Å². The number of nitrogens with zero attached hydrogens (tertiary/aromatic N) is 3. The lowest BCUT2D eigenvalue weighted by Gasteiger charge is -2.13. The molecule has 27 heavy (non-hydrogen) atoms. The Morgan fingerprint density at radius 3 is 2.81 bits per heavy atom. The highest BCUT2D eigenvalue weighted by atomic mass is 32.2. The van der Waals surface area contributed by atoms with Gasteiger partial charge in [-0.25, -0.2) is 4.99 Å². The first-order valence-corrected chi connectivity index (χ1v) is 10.2. The van der Waals surface area contributed by atoms with Gasteiger partial charge in [0.2, 0.25) is 11.7 Å². The molecule has 0 saturated carbocycles. The SMILES string of the molecule is COc1ccc(-c2noc(CSC3=Nc4ccccc4CS3)n2)cc1OC. The molecule has 3 aromatic rings. The van der Waals surface area contributed by atoms with Crippen molar-refractivity contribution in [2.45, 2.75) is 11.5 Å². The zero-order chi connectivity index (χ0) is 18.6. The minimum atomic E-state index is 0.523. The molecule has 0 N–H and O–H groups in total. The van der Waals surface area contributed by atoms with Crippen LogP contribution in [0.3, 0.4) is 0 Å². The number of benzene rings is 2. The van der Waals surface area contributed by atoms with Crippen molar-refractivity contribution in [3.05, 3.63) is 53.9 Å². The summed E-state index contributed by atoms with van der Waals surface area (Å²) in [7, 11) is 3.20. The van der Waals surface area contributed by atoms with Crippen molar-refractivity contribution in [1.29, 1.82) is 0 Å². The van der Waals surface area contributed by atoms with Crippen molar-refractivity contribution in [2.75, 3.05) is 14.2 Å². The number of para-hydroxylation sites is 1. The van der Waals surface area contributed by atoms with Gasteiger partial charge >= 0.3 is 0 Å². The molecule has 2 aromatic carbocycles. The van der Waals surface area contributed by atoms with Gasteiger partial charge < -0.3 is 14.0 Å². The standard InChI is InChI=1S/C19H17N3O3S2/c1-23-15-8-7-12(9-16(15)24-2)18-21-17(25-22-18)11-27-19-20-14-6-4-3-5-13(14)10-26-19/h3-9H,10-11H2,1-2H3. The van der Waals surface area contributed by atoms with E-state index in [-0.39, 0.29) is 0 Å². The van der Waals surface area contributed by atoms with E-state index in [0.717, 1.165) is 21.4 Å². The molecule has 0 unspecified atom stereocenters. The van der Waals surface area contributed by atoms with Crippen LogP contribution in [-0.2, 0) is 11.5 Å². The van der Waals surface area contributed by atoms with Gasteiger partial charge in [0.15, 0.2) is 11.5 Å². The summed E-state index contributed by atoms with van der Waals surface area (Å²) in [6.07, 6.45) is 0. The van der Waals surface area contributed by atoms with Crippen molar-refractivity contribution >= 4 is 33.6 Å². The largest absolute Gasteiger partial charge is 0.493 e. The van der Waals surface area contributed by atoms with Crippen LogP contribution in [0.2, 0.25) is 0 Å². The van der Waals surface area contributed by atoms with E-state index in [4.69, 9.17) is 14.0 Å². The minimum absolute atomic E-state index is 0.523. The predicted molar refractivity (Wildman–Crippen MR) is 109 cm³/mol. The summed E-state index contributed by atoms with van der Waals surface area (Å²) in [4.78, 5) is 9.17. The van der Waals surface area contributed by atoms with Gasteiger partial charge in [-0.3, -0.25) is 0 Å². The fraction of sp³-hybridized carbons (Fsp3) is 0.211. The average molecular weight is 399 g/mol. The van der Waals surface area contributed by atoms with E-state index in [2.05, 4.69) is 21.2 Å². The van der Waals surface area contributed by atoms with Gasteiger partial charge in [0.05, 0.1) is 25.7 Å². The monoisotopic (exact) mass is 399 g/mol. The maximum Gasteiger partial charge on any atom is 0.237 e. The van der Waals surface area contributed by atoms with Gasteiger partial charge in [0.1, 0.15) is 4.38 Å². The Bertz CT molecular complexity index is 988. The van der Waals surface area contributed by atoms with Crippen LogP contribution in [0.1, 0.15) is 11.5 Å². The highest BCUT2D eigenvalue weighted by Crippen LogP contribution is 2.36. The summed E-state index contributed by atoms with van der Waals surface area (Å²) in [6.45, 7) is 0. The molecule has 0 amide bonds. The van der Waals surface area contributed by atoms with E-state index >= 15 is 0 Å². The summed E-state index contributed by atoms with van der Waals surface area (Å²) >= 11 is 3.34. The number of rotatable bonds is 5. The quantitative estimate of drug-likeness (QED) is 0.603. The van der Waals surface area contributed by atoms with Crippen LogP contribution in [0.5, 0.6) is 11.5 Å². The highest BCUT2D eigenvalue weighted by molar-refractivity contribution is 8.38. The van der Waals surface area contributed by atoms with Crippen LogP contribution in [-0.4, -0.2) is 28.7 Å². The fourth-order valence-corrected chi connectivity index (χ4v) is 4.52. The van der Waals surface area contributed by atoms with Gasteiger partial charge in [-0.05, 0) is 29.8 Å². The summed E-state index contributed by atoms with van der Waals surface area (Å²) in [6, 6.07) is 13.7. The third kappa shape index (κ3) is 3.96. The second kappa shape index (κ2) is 8.06. The first-order chi connectivity index (χ1) is 13.3. The molecule has 2 heterocycles. The summed E-state index contributed by atoms with van der Waals surface area (Å²) in [5, 5.41) is 4.07. The normalized spacial score (nSPS) is 13.0. The van der Waals surface area contributed by atoms with E-state index in [0.29, 0.717) is 29.0 Å². The van der Waals surface area contributed by atoms with Crippen LogP contribution < -0.4 is 9.47 Å². The lowest BCUT2D eigenvalue weighted by atomic mass is 10.2. The lowest BCUT2D eigenvalue weighted by molar-refractivity contribution is 0.355. The van der Waals surface area contributed by atoms with Crippen LogP contribution >= 0.6 is 23.5 Å². The molecule has 8 heteroatoms. The van der Waals surface area contributed by atoms with E-state index in [1.54, 1.807) is 37.7 Å². The zero-order valence-corrected chi connectivity index (χ0v) is 16.5. The number of methoxy groups -OCH3 is 2. The van der Waals surface area contributed by atoms with Crippen LogP contribution in [0.15, 0.2) is 52.0 Å². The highest BCUT2D eigenvalue weighted by Gasteiger charge is 2.16. The van der Waals surface area contributed by atoms with Crippen molar-refractivity contribution < 1.29 is 14.0 Å². The van der Waals surface area contributed by atoms with Crippen molar-refractivity contribution in [2.24, 2.45) is 4.99 Å². The number of hydrogen-bond acceptors (Lipinski definition) is 8. The van der Waals surface area contributed by atoms with Crippen LogP contribution in [0.25, 0.3) is 11.4 Å². The molecule has 4 rings (SSSR count). The molecular formula is C19H17N3O3S2. The van der Waals surface area contributed by atoms with Crippen LogP contribution in [0.4, 0.5) is 5.69 Å². The van der Waals surface area contributed by atoms with Crippen LogP contribution in [0, 0.1) is 0 Å². The Morgan fingerprint density at radius 1 is 1.11 bits per heavy atom. The van der Waals surface area contributed by atoms with Gasteiger partial charge in [-0.1, -0.05) is 46.9 Å². The summed E-state index contributed by atoms with van der Waals surface area (Å²) in [5.41, 5.74) is 3.11. The molecule has 0 bridgehead atoms. The van der Waals surface area contributed by atoms with Gasteiger partial charge in [-0.15, -0.1) is 0 Å². The molecule has 1 aliphatic heterocycles. The number of thioether (sulfide) groups is 2. The number of hydrogen-bond donors (Lipinski definition) is 0. The number of ether oxygens (including phenoxy) is 2. The predicted octanol–water partition coefficient (Wildman–Crippen LogP) is 4.92. The maximum absolute atomic E-state index is 5.39. The molecule has 1 aliphatic rings. The molecule has 0 aliphatic carbocycles. The first-order valence-electron chi connectivity index (χ1n) is 8.24. The molecule has 0 atom stereocenters. The number of aromatic nitrogens is 2. The molecule has 0 fully saturated rings. The Balaban J connectivity index is 1.45. The molecule has 0 spiro atoms. The van der Waals surface area contributed by atoms with Crippen molar-refractivity contribution in [3.8, 4) is 22.9 Å². The van der Waals surface area contributed by atoms with E-state index in [1.165, 1.54) is 5.56 Å². The Hall–Kier alpha value is -2.45. The second-order valence-electron chi connectivity index (χ2n) is 5.67. The molecule has 1 aromatic heterocycles. The van der Waals surface area contributed by atoms with Gasteiger partial charge in [0, 0.05) is 11.3 Å². The van der Waals surface area contributed by atoms with Gasteiger partial charge in [0.25, 0.3) is 0 Å². The summed E-state index contributed by atoms with van der Waals surface area (Å²) in [5.74, 6) is 3.88. The maximum atomic E-state index is 5.39. The molecule has 138 valence electrons. The topological polar surface area (TPSA) is 69.7 Å². The number of fused-ring (bicyclic) bond motifs is 1. The minimum Gasteiger partial charge on any atom is -0.493 e. The molecular weight excluding hydrogens is 382 g/mol. The van der Waals surface area contributed by atoms with E-state index in [9.17, 15) is 0 Å². The average Bonchev–Trinajstić information content (AvgIpc) is 3.20. The van der Waals surface area contributed by atoms with Crippen molar-refractivity contribution in [3.63, 3.8) is 0 Å². The first kappa shape index (κ1) is 17.9. The second-order valence-corrected chi connectivity index (χ2v) is 7.85. The molecule has 0 radical (unpaired) electrons. The van der Waals surface area contributed by atoms with Gasteiger partial charge in [-0.2, -0.15) is 4.98 Å². The Morgan fingerprint density at radius 2 is 1.96 bits per heavy atom. The number of aliphatic imine (C=N–C) groups is 1. The lowest BCUT2D eigenvalue weighted by Crippen LogP contribution is -1.96. The fourth-order valence-electron chi connectivity index (χ4n) is 2.62. The summed E-state index contributed by atoms with van der Waals surface area (Å²) < 4.78 is 17.0.